The molecule has 0 spiro atoms. The third-order valence-corrected chi connectivity index (χ3v) is 12.6. The molecule has 2 bridgehead atoms. The van der Waals surface area contributed by atoms with Gasteiger partial charge in [0, 0.05) is 45.1 Å². The van der Waals surface area contributed by atoms with E-state index in [0.717, 1.165) is 0 Å². The van der Waals surface area contributed by atoms with E-state index in [1.54, 1.807) is 49.5 Å². The summed E-state index contributed by atoms with van der Waals surface area (Å²) in [6.07, 6.45) is 7.25. The first-order valence-corrected chi connectivity index (χ1v) is 24.2. The number of cyclic esters (lactones) is 1. The minimum atomic E-state index is -1.60. The number of hydrogen-bond donors (Lipinski definition) is 10. The zero-order valence-electron chi connectivity index (χ0n) is 40.9. The van der Waals surface area contributed by atoms with Crippen molar-refractivity contribution in [2.24, 2.45) is 5.92 Å². The third-order valence-electron chi connectivity index (χ3n) is 12.6. The Kier molecular flexibility index (Phi) is 24.8. The van der Waals surface area contributed by atoms with Gasteiger partial charge in [0.25, 0.3) is 0 Å². The number of aliphatic hydroxyl groups is 8. The number of rotatable bonds is 6. The lowest BCUT2D eigenvalue weighted by Crippen LogP contribution is -2.64. The minimum Gasteiger partial charge on any atom is -0.462 e. The predicted molar refractivity (Wildman–Crippen MR) is 258 cm³/mol. The van der Waals surface area contributed by atoms with Crippen LogP contribution in [0.4, 0.5) is 9.59 Å². The molecule has 0 saturated carbocycles. The number of hydrogen-bond acceptors (Lipinski definition) is 18. The standard InChI is InChI=1S/C51H76N2O18/c1-6-23-66-49(63)53-45-46(61)33(4)68-48(47(45)62)69-37-20-18-16-14-12-10-8-7-9-11-13-15-17-19-31(2)39(58)24-32(3)67-43(60)27-35(55)25-34(54)21-22-38(57)40(59)26-36(56)29-51(65-5)30-42-44(41(28-37)71-51)52-50(64)70-42/h6-20,31-42,44-48,54-59,61-62H,1,21-30H2,2-5H3,(H,52,64)(H,53,63). The molecule has 20 nitrogen and oxygen atoms in total. The summed E-state index contributed by atoms with van der Waals surface area (Å²) in [5, 5.41) is 92.5. The van der Waals surface area contributed by atoms with Crippen LogP contribution in [-0.4, -0.2) is 176 Å². The second kappa shape index (κ2) is 29.8. The Morgan fingerprint density at radius 2 is 1.38 bits per heavy atom. The Hall–Kier alpha value is -4.55. The van der Waals surface area contributed by atoms with Crippen LogP contribution in [0.25, 0.3) is 0 Å². The smallest absolute Gasteiger partial charge is 0.407 e. The summed E-state index contributed by atoms with van der Waals surface area (Å²) in [4.78, 5) is 37.7. The molecule has 0 aromatic carbocycles. The number of fused-ring (bicyclic) bond motifs is 4. The maximum Gasteiger partial charge on any atom is 0.407 e. The van der Waals surface area contributed by atoms with Crippen molar-refractivity contribution in [3.63, 3.8) is 0 Å². The SMILES string of the molecule is C=CCOC(=O)NC1C(O)C(C)OC(OC2C=CC=CC=CC=CC=CC=CC=CC(C)C(O)CC(C)OC(=O)CC(O)CC(O)CCC(O)C(O)CC(O)CC3(OC)CC4OC(=O)NC4C(C2)O3)C1O. The molecule has 0 aromatic rings. The summed E-state index contributed by atoms with van der Waals surface area (Å²) in [5.74, 6) is -2.56. The average Bonchev–Trinajstić information content (AvgIpc) is 3.69. The van der Waals surface area contributed by atoms with E-state index in [9.17, 15) is 55.2 Å². The van der Waals surface area contributed by atoms with Gasteiger partial charge in [0.05, 0.1) is 73.4 Å². The highest BCUT2D eigenvalue weighted by Gasteiger charge is 2.54. The molecule has 4 rings (SSSR count). The van der Waals surface area contributed by atoms with Crippen LogP contribution >= 0.6 is 0 Å². The van der Waals surface area contributed by atoms with Crippen molar-refractivity contribution in [3.05, 3.63) is 97.7 Å². The van der Waals surface area contributed by atoms with Gasteiger partial charge in [0.15, 0.2) is 12.1 Å². The Morgan fingerprint density at radius 1 is 0.746 bits per heavy atom. The molecule has 398 valence electrons. The molecule has 20 heteroatoms. The number of carbonyl (C=O) groups excluding carboxylic acids is 3. The summed E-state index contributed by atoms with van der Waals surface area (Å²) in [5.41, 5.74) is 0. The first-order valence-electron chi connectivity index (χ1n) is 24.2. The van der Waals surface area contributed by atoms with Crippen LogP contribution in [0.5, 0.6) is 0 Å². The molecule has 4 aliphatic heterocycles. The fourth-order valence-corrected chi connectivity index (χ4v) is 8.65. The lowest BCUT2D eigenvalue weighted by atomic mass is 9.87. The molecule has 4 heterocycles. The van der Waals surface area contributed by atoms with Gasteiger partial charge in [-0.3, -0.25) is 4.79 Å². The molecular formula is C51H76N2O18. The topological polar surface area (TPSA) is 302 Å². The van der Waals surface area contributed by atoms with Gasteiger partial charge in [-0.1, -0.05) is 105 Å². The number of methoxy groups -OCH3 is 1. The van der Waals surface area contributed by atoms with Crippen molar-refractivity contribution >= 4 is 18.2 Å². The summed E-state index contributed by atoms with van der Waals surface area (Å²) in [7, 11) is 1.35. The van der Waals surface area contributed by atoms with Gasteiger partial charge in [0.1, 0.15) is 31.0 Å². The van der Waals surface area contributed by atoms with Crippen LogP contribution in [0.15, 0.2) is 97.7 Å². The van der Waals surface area contributed by atoms with Crippen LogP contribution in [0, 0.1) is 5.92 Å². The third kappa shape index (κ3) is 19.8. The van der Waals surface area contributed by atoms with E-state index in [4.69, 9.17) is 33.2 Å². The highest BCUT2D eigenvalue weighted by Crippen LogP contribution is 2.40. The summed E-state index contributed by atoms with van der Waals surface area (Å²) in [6, 6.07) is -2.01. The molecule has 10 N–H and O–H groups in total. The van der Waals surface area contributed by atoms with E-state index in [1.165, 1.54) is 20.1 Å². The van der Waals surface area contributed by atoms with Crippen molar-refractivity contribution in [3.8, 4) is 0 Å². The Balaban J connectivity index is 1.58. The number of amides is 2. The number of carbonyl (C=O) groups is 3. The molecule has 0 radical (unpaired) electrons. The Bertz CT molecular complexity index is 1890. The van der Waals surface area contributed by atoms with Gasteiger partial charge in [-0.25, -0.2) is 9.59 Å². The minimum absolute atomic E-state index is 0.0336. The molecule has 0 aromatic heterocycles. The lowest BCUT2D eigenvalue weighted by molar-refractivity contribution is -0.307. The summed E-state index contributed by atoms with van der Waals surface area (Å²) >= 11 is 0. The molecule has 18 unspecified atom stereocenters. The number of alkyl carbamates (subject to hydrolysis) is 2. The van der Waals surface area contributed by atoms with E-state index in [0.29, 0.717) is 0 Å². The molecule has 71 heavy (non-hydrogen) atoms. The second-order valence-electron chi connectivity index (χ2n) is 18.5. The van der Waals surface area contributed by atoms with Crippen LogP contribution < -0.4 is 10.6 Å². The van der Waals surface area contributed by atoms with E-state index >= 15 is 0 Å². The maximum absolute atomic E-state index is 12.7. The largest absolute Gasteiger partial charge is 0.462 e. The fraction of sp³-hybridized carbons (Fsp3) is 0.627. The summed E-state index contributed by atoms with van der Waals surface area (Å²) in [6.45, 7) is 8.40. The van der Waals surface area contributed by atoms with E-state index in [2.05, 4.69) is 17.2 Å². The Morgan fingerprint density at radius 3 is 2.01 bits per heavy atom. The number of aliphatic hydroxyl groups excluding tert-OH is 8. The van der Waals surface area contributed by atoms with E-state index < -0.39 is 128 Å². The van der Waals surface area contributed by atoms with Crippen molar-refractivity contribution in [1.29, 1.82) is 0 Å². The predicted octanol–water partition coefficient (Wildman–Crippen LogP) is 2.49. The lowest BCUT2D eigenvalue weighted by Gasteiger charge is -2.46. The number of ether oxygens (including phenoxy) is 7. The number of allylic oxidation sites excluding steroid dienone is 12. The first kappa shape index (κ1) is 59.0. The second-order valence-corrected chi connectivity index (χ2v) is 18.5. The van der Waals surface area contributed by atoms with Gasteiger partial charge in [-0.15, -0.1) is 0 Å². The number of esters is 1. The van der Waals surface area contributed by atoms with Crippen LogP contribution in [0.2, 0.25) is 0 Å². The molecule has 4 aliphatic rings. The molecule has 0 aliphatic carbocycles. The normalized spacial score (nSPS) is 38.8. The maximum atomic E-state index is 12.7. The molecule has 2 amide bonds. The van der Waals surface area contributed by atoms with Gasteiger partial charge < -0.3 is 84.6 Å². The van der Waals surface area contributed by atoms with Crippen molar-refractivity contribution in [2.75, 3.05) is 13.7 Å². The van der Waals surface area contributed by atoms with Gasteiger partial charge >= 0.3 is 18.2 Å². The quantitative estimate of drug-likeness (QED) is 0.104. The molecule has 3 fully saturated rings. The zero-order valence-corrected chi connectivity index (χ0v) is 40.9. The highest BCUT2D eigenvalue weighted by molar-refractivity contribution is 5.71. The molecular weight excluding hydrogens is 929 g/mol. The van der Waals surface area contributed by atoms with Crippen molar-refractivity contribution < 1.29 is 88.4 Å². The van der Waals surface area contributed by atoms with Gasteiger partial charge in [-0.05, 0) is 33.1 Å². The van der Waals surface area contributed by atoms with Gasteiger partial charge in [0.2, 0.25) is 0 Å². The zero-order chi connectivity index (χ0) is 52.1. The van der Waals surface area contributed by atoms with E-state index in [-0.39, 0.29) is 63.9 Å². The average molecular weight is 1010 g/mol. The first-order chi connectivity index (χ1) is 33.8. The highest BCUT2D eigenvalue weighted by atomic mass is 16.7. The Labute approximate surface area is 415 Å². The van der Waals surface area contributed by atoms with Crippen molar-refractivity contribution in [1.82, 2.24) is 10.6 Å². The van der Waals surface area contributed by atoms with Gasteiger partial charge in [-0.2, -0.15) is 0 Å². The van der Waals surface area contributed by atoms with Crippen LogP contribution in [-0.2, 0) is 38.0 Å². The molecule has 3 saturated heterocycles. The van der Waals surface area contributed by atoms with Crippen molar-refractivity contribution in [2.45, 2.75) is 182 Å². The monoisotopic (exact) mass is 1000 g/mol. The summed E-state index contributed by atoms with van der Waals surface area (Å²) < 4.78 is 40.8. The molecule has 18 atom stereocenters. The van der Waals surface area contributed by atoms with Crippen LogP contribution in [0.3, 0.4) is 0 Å². The van der Waals surface area contributed by atoms with E-state index in [1.807, 2.05) is 49.5 Å². The van der Waals surface area contributed by atoms with Crippen LogP contribution in [0.1, 0.15) is 78.6 Å². The number of nitrogens with one attached hydrogen (secondary N) is 2. The fourth-order valence-electron chi connectivity index (χ4n) is 8.65.